The first-order valence-electron chi connectivity index (χ1n) is 10.4. The van der Waals surface area contributed by atoms with Gasteiger partial charge in [-0.15, -0.1) is 0 Å². The number of rotatable bonds is 4. The van der Waals surface area contributed by atoms with Gasteiger partial charge in [-0.2, -0.15) is 0 Å². The highest BCUT2D eigenvalue weighted by molar-refractivity contribution is 5.95. The van der Waals surface area contributed by atoms with Crippen molar-refractivity contribution in [1.82, 2.24) is 24.8 Å². The summed E-state index contributed by atoms with van der Waals surface area (Å²) in [6.07, 6.45) is 10.1. The first-order valence-corrected chi connectivity index (χ1v) is 10.4. The molecular weight excluding hydrogens is 350 g/mol. The van der Waals surface area contributed by atoms with Crippen molar-refractivity contribution in [2.24, 2.45) is 5.92 Å². The molecule has 1 saturated carbocycles. The Morgan fingerprint density at radius 3 is 2.68 bits per heavy atom. The van der Waals surface area contributed by atoms with Gasteiger partial charge < -0.3 is 4.90 Å². The summed E-state index contributed by atoms with van der Waals surface area (Å²) in [5.41, 5.74) is 2.79. The summed E-state index contributed by atoms with van der Waals surface area (Å²) in [5, 5.41) is 0. The van der Waals surface area contributed by atoms with E-state index in [2.05, 4.69) is 36.9 Å². The highest BCUT2D eigenvalue weighted by Crippen LogP contribution is 2.38. The Bertz CT molecular complexity index is 866. The second-order valence-electron chi connectivity index (χ2n) is 8.61. The lowest BCUT2D eigenvalue weighted by Crippen LogP contribution is -2.47. The third-order valence-corrected chi connectivity index (χ3v) is 6.38. The smallest absolute Gasteiger partial charge is 0.257 e. The van der Waals surface area contributed by atoms with E-state index in [-0.39, 0.29) is 11.9 Å². The summed E-state index contributed by atoms with van der Waals surface area (Å²) in [6, 6.07) is 4.44. The van der Waals surface area contributed by atoms with Gasteiger partial charge >= 0.3 is 0 Å². The van der Waals surface area contributed by atoms with E-state index < -0.39 is 0 Å². The third-order valence-electron chi connectivity index (χ3n) is 6.38. The van der Waals surface area contributed by atoms with Gasteiger partial charge in [0.05, 0.1) is 11.3 Å². The van der Waals surface area contributed by atoms with Crippen LogP contribution in [0.4, 0.5) is 0 Å². The van der Waals surface area contributed by atoms with Crippen LogP contribution in [0.3, 0.4) is 0 Å². The van der Waals surface area contributed by atoms with Crippen LogP contribution in [0.2, 0.25) is 0 Å². The molecule has 6 heteroatoms. The Kier molecular flexibility index (Phi) is 4.59. The van der Waals surface area contributed by atoms with Crippen LogP contribution in [0.25, 0.3) is 0 Å². The number of nitrogens with zero attached hydrogens (tertiary/aromatic N) is 5. The van der Waals surface area contributed by atoms with Crippen LogP contribution >= 0.6 is 0 Å². The van der Waals surface area contributed by atoms with Gasteiger partial charge in [0.1, 0.15) is 5.82 Å². The number of fused-ring (bicyclic) bond motifs is 4. The minimum atomic E-state index is 0.111. The number of amides is 1. The summed E-state index contributed by atoms with van der Waals surface area (Å²) < 4.78 is 0. The summed E-state index contributed by atoms with van der Waals surface area (Å²) in [4.78, 5) is 31.2. The van der Waals surface area contributed by atoms with Crippen molar-refractivity contribution in [2.45, 2.75) is 51.1 Å². The molecule has 5 heterocycles. The summed E-state index contributed by atoms with van der Waals surface area (Å²) in [5.74, 6) is 2.07. The van der Waals surface area contributed by atoms with Crippen molar-refractivity contribution in [2.75, 3.05) is 19.6 Å². The molecule has 0 radical (unpaired) electrons. The Morgan fingerprint density at radius 1 is 1.11 bits per heavy atom. The van der Waals surface area contributed by atoms with Crippen molar-refractivity contribution in [1.29, 1.82) is 0 Å². The first-order chi connectivity index (χ1) is 13.7. The molecule has 28 heavy (non-hydrogen) atoms. The molecule has 0 unspecified atom stereocenters. The molecule has 2 bridgehead atoms. The molecule has 3 aliphatic heterocycles. The number of pyridine rings is 1. The third kappa shape index (κ3) is 3.53. The van der Waals surface area contributed by atoms with E-state index in [1.165, 1.54) is 24.8 Å². The number of aryl methyl sites for hydroxylation is 1. The Hall–Kier alpha value is -2.34. The average molecular weight is 377 g/mol. The van der Waals surface area contributed by atoms with Crippen LogP contribution in [0.15, 0.2) is 30.7 Å². The maximum Gasteiger partial charge on any atom is 0.257 e. The number of carbonyl (C=O) groups excluding carboxylic acids is 1. The standard InChI is InChI=1S/C22H27N5O/c1-15-20(10-24-21(25-15)18-3-4-18)22(28)27-13-17-2-5-19(27)14-26(12-17)11-16-6-8-23-9-7-16/h6-10,17-19H,2-5,11-14H2,1H3/t17-,19+/m0/s1. The van der Waals surface area contributed by atoms with Crippen molar-refractivity contribution < 1.29 is 4.79 Å². The Balaban J connectivity index is 1.33. The zero-order valence-corrected chi connectivity index (χ0v) is 16.4. The molecule has 6 nitrogen and oxygen atoms in total. The normalized spacial score (nSPS) is 25.0. The quantitative estimate of drug-likeness (QED) is 0.820. The highest BCUT2D eigenvalue weighted by Gasteiger charge is 2.38. The second-order valence-corrected chi connectivity index (χ2v) is 8.61. The number of carbonyl (C=O) groups is 1. The molecule has 2 aromatic heterocycles. The van der Waals surface area contributed by atoms with Gasteiger partial charge in [-0.1, -0.05) is 0 Å². The predicted octanol–water partition coefficient (Wildman–Crippen LogP) is 2.79. The molecular formula is C22H27N5O. The van der Waals surface area contributed by atoms with E-state index in [0.29, 0.717) is 17.4 Å². The van der Waals surface area contributed by atoms with Gasteiger partial charge in [-0.25, -0.2) is 9.97 Å². The van der Waals surface area contributed by atoms with Crippen LogP contribution in [0.5, 0.6) is 0 Å². The van der Waals surface area contributed by atoms with Gasteiger partial charge in [-0.3, -0.25) is 14.7 Å². The lowest BCUT2D eigenvalue weighted by molar-refractivity contribution is 0.0583. The lowest BCUT2D eigenvalue weighted by atomic mass is 9.94. The minimum Gasteiger partial charge on any atom is -0.334 e. The summed E-state index contributed by atoms with van der Waals surface area (Å²) in [6.45, 7) is 5.71. The van der Waals surface area contributed by atoms with E-state index in [9.17, 15) is 4.79 Å². The van der Waals surface area contributed by atoms with Crippen LogP contribution in [0.1, 0.15) is 59.0 Å². The van der Waals surface area contributed by atoms with Crippen molar-refractivity contribution in [3.63, 3.8) is 0 Å². The lowest BCUT2D eigenvalue weighted by Gasteiger charge is -2.36. The van der Waals surface area contributed by atoms with Crippen LogP contribution < -0.4 is 0 Å². The average Bonchev–Trinajstić information content (AvgIpc) is 3.56. The number of piperidine rings is 1. The highest BCUT2D eigenvalue weighted by atomic mass is 16.2. The second kappa shape index (κ2) is 7.24. The van der Waals surface area contributed by atoms with Crippen molar-refractivity contribution in [3.8, 4) is 0 Å². The number of hydrogen-bond acceptors (Lipinski definition) is 5. The zero-order valence-electron chi connectivity index (χ0n) is 16.4. The SMILES string of the molecule is Cc1nc(C2CC2)ncc1C(=O)N1C[C@H]2CC[C@@H]1CN(Cc1ccncc1)C2. The molecule has 4 fully saturated rings. The van der Waals surface area contributed by atoms with Crippen LogP contribution in [0, 0.1) is 12.8 Å². The molecule has 2 aromatic rings. The first kappa shape index (κ1) is 17.7. The molecule has 3 saturated heterocycles. The predicted molar refractivity (Wildman–Crippen MR) is 106 cm³/mol. The molecule has 0 aromatic carbocycles. The molecule has 4 aliphatic rings. The molecule has 1 aliphatic carbocycles. The summed E-state index contributed by atoms with van der Waals surface area (Å²) in [7, 11) is 0. The molecule has 146 valence electrons. The van der Waals surface area contributed by atoms with Gasteiger partial charge in [0.25, 0.3) is 5.91 Å². The van der Waals surface area contributed by atoms with E-state index >= 15 is 0 Å². The van der Waals surface area contributed by atoms with E-state index in [1.807, 2.05) is 19.3 Å². The summed E-state index contributed by atoms with van der Waals surface area (Å²) >= 11 is 0. The van der Waals surface area contributed by atoms with Gasteiger partial charge in [0.15, 0.2) is 0 Å². The van der Waals surface area contributed by atoms with Gasteiger partial charge in [0, 0.05) is 56.7 Å². The molecule has 6 rings (SSSR count). The number of hydrogen-bond donors (Lipinski definition) is 0. The fraction of sp³-hybridized carbons (Fsp3) is 0.545. The fourth-order valence-corrected chi connectivity index (χ4v) is 4.69. The molecule has 2 atom stereocenters. The maximum atomic E-state index is 13.3. The minimum absolute atomic E-state index is 0.111. The van der Waals surface area contributed by atoms with Gasteiger partial charge in [0.2, 0.25) is 0 Å². The van der Waals surface area contributed by atoms with E-state index in [0.717, 1.165) is 44.1 Å². The van der Waals surface area contributed by atoms with E-state index in [4.69, 9.17) is 0 Å². The topological polar surface area (TPSA) is 62.2 Å². The maximum absolute atomic E-state index is 13.3. The van der Waals surface area contributed by atoms with Gasteiger partial charge in [-0.05, 0) is 56.2 Å². The van der Waals surface area contributed by atoms with E-state index in [1.54, 1.807) is 6.20 Å². The molecule has 0 N–H and O–H groups in total. The Labute approximate surface area is 166 Å². The van der Waals surface area contributed by atoms with Crippen molar-refractivity contribution in [3.05, 3.63) is 53.4 Å². The monoisotopic (exact) mass is 377 g/mol. The fourth-order valence-electron chi connectivity index (χ4n) is 4.69. The molecule has 0 spiro atoms. The number of aromatic nitrogens is 3. The Morgan fingerprint density at radius 2 is 1.93 bits per heavy atom. The zero-order chi connectivity index (χ0) is 19.1. The largest absolute Gasteiger partial charge is 0.334 e. The van der Waals surface area contributed by atoms with Crippen molar-refractivity contribution >= 4 is 5.91 Å². The van der Waals surface area contributed by atoms with Crippen LogP contribution in [-0.4, -0.2) is 56.3 Å². The van der Waals surface area contributed by atoms with Crippen LogP contribution in [-0.2, 0) is 6.54 Å². The molecule has 1 amide bonds.